The van der Waals surface area contributed by atoms with Crippen LogP contribution in [0.2, 0.25) is 0 Å². The highest BCUT2D eigenvalue weighted by Crippen LogP contribution is 2.24. The van der Waals surface area contributed by atoms with E-state index >= 15 is 0 Å². The SMILES string of the molecule is Cc1c(CNC(=O)NCCc2nccn2C(F)F)oc2ccccc12. The van der Waals surface area contributed by atoms with Gasteiger partial charge >= 0.3 is 12.6 Å². The van der Waals surface area contributed by atoms with Crippen LogP contribution in [0.4, 0.5) is 13.6 Å². The van der Waals surface area contributed by atoms with E-state index in [-0.39, 0.29) is 25.3 Å². The van der Waals surface area contributed by atoms with Gasteiger partial charge in [0.15, 0.2) is 0 Å². The second-order valence-corrected chi connectivity index (χ2v) is 5.53. The average molecular weight is 348 g/mol. The first-order chi connectivity index (χ1) is 12.1. The van der Waals surface area contributed by atoms with Crippen LogP contribution in [0, 0.1) is 6.92 Å². The van der Waals surface area contributed by atoms with E-state index in [1.807, 2.05) is 31.2 Å². The number of nitrogens with zero attached hydrogens (tertiary/aromatic N) is 2. The Kier molecular flexibility index (Phi) is 4.97. The summed E-state index contributed by atoms with van der Waals surface area (Å²) in [6.07, 6.45) is 2.74. The van der Waals surface area contributed by atoms with Crippen LogP contribution < -0.4 is 10.6 Å². The number of halogens is 2. The van der Waals surface area contributed by atoms with Crippen LogP contribution in [0.3, 0.4) is 0 Å². The minimum absolute atomic E-state index is 0.203. The number of rotatable bonds is 6. The molecule has 0 fully saturated rings. The van der Waals surface area contributed by atoms with Gasteiger partial charge < -0.3 is 15.1 Å². The van der Waals surface area contributed by atoms with Gasteiger partial charge in [0.2, 0.25) is 0 Å². The van der Waals surface area contributed by atoms with Crippen molar-refractivity contribution in [3.05, 3.63) is 53.8 Å². The number of carbonyl (C=O) groups excluding carboxylic acids is 1. The number of hydrogen-bond donors (Lipinski definition) is 2. The van der Waals surface area contributed by atoms with Crippen molar-refractivity contribution in [3.63, 3.8) is 0 Å². The van der Waals surface area contributed by atoms with E-state index in [2.05, 4.69) is 15.6 Å². The molecule has 8 heteroatoms. The van der Waals surface area contributed by atoms with Gasteiger partial charge in [-0.1, -0.05) is 18.2 Å². The molecule has 0 aliphatic carbocycles. The molecule has 0 radical (unpaired) electrons. The molecule has 0 unspecified atom stereocenters. The Morgan fingerprint density at radius 1 is 1.32 bits per heavy atom. The van der Waals surface area contributed by atoms with Crippen molar-refractivity contribution in [3.8, 4) is 0 Å². The van der Waals surface area contributed by atoms with Crippen molar-refractivity contribution >= 4 is 17.0 Å². The Hall–Kier alpha value is -2.90. The van der Waals surface area contributed by atoms with Gasteiger partial charge in [0.05, 0.1) is 6.54 Å². The Balaban J connectivity index is 1.49. The fraction of sp³-hybridized carbons (Fsp3) is 0.294. The number of amides is 2. The number of fused-ring (bicyclic) bond motifs is 1. The number of hydrogen-bond acceptors (Lipinski definition) is 3. The minimum atomic E-state index is -2.64. The summed E-state index contributed by atoms with van der Waals surface area (Å²) in [6, 6.07) is 7.26. The predicted molar refractivity (Wildman–Crippen MR) is 88.4 cm³/mol. The lowest BCUT2D eigenvalue weighted by Crippen LogP contribution is -2.36. The lowest BCUT2D eigenvalue weighted by molar-refractivity contribution is 0.0670. The third kappa shape index (κ3) is 3.78. The number of carbonyl (C=O) groups is 1. The van der Waals surface area contributed by atoms with Gasteiger partial charge in [0, 0.05) is 36.3 Å². The number of urea groups is 1. The van der Waals surface area contributed by atoms with Gasteiger partial charge in [-0.05, 0) is 13.0 Å². The predicted octanol–water partition coefficient (Wildman–Crippen LogP) is 3.37. The van der Waals surface area contributed by atoms with Crippen molar-refractivity contribution in [1.82, 2.24) is 20.2 Å². The maximum Gasteiger partial charge on any atom is 0.319 e. The van der Waals surface area contributed by atoms with Gasteiger partial charge in [-0.25, -0.2) is 9.78 Å². The molecule has 132 valence electrons. The van der Waals surface area contributed by atoms with Gasteiger partial charge in [0.25, 0.3) is 0 Å². The van der Waals surface area contributed by atoms with E-state index in [9.17, 15) is 13.6 Å². The molecule has 0 aliphatic heterocycles. The standard InChI is InChI=1S/C17H18F2N4O2/c1-11-12-4-2-3-5-13(12)25-14(11)10-22-17(24)21-7-6-15-20-8-9-23(15)16(18)19/h2-5,8-9,16H,6-7,10H2,1H3,(H2,21,22,24). The molecular formula is C17H18F2N4O2. The summed E-state index contributed by atoms with van der Waals surface area (Å²) < 4.78 is 31.9. The number of nitrogens with one attached hydrogen (secondary N) is 2. The van der Waals surface area contributed by atoms with E-state index in [1.165, 1.54) is 12.4 Å². The third-order valence-corrected chi connectivity index (χ3v) is 3.95. The summed E-state index contributed by atoms with van der Waals surface area (Å²) in [4.78, 5) is 15.7. The number of aryl methyl sites for hydroxylation is 1. The molecule has 6 nitrogen and oxygen atoms in total. The summed E-state index contributed by atoms with van der Waals surface area (Å²) >= 11 is 0. The van der Waals surface area contributed by atoms with E-state index in [0.717, 1.165) is 21.1 Å². The Bertz CT molecular complexity index is 873. The summed E-state index contributed by atoms with van der Waals surface area (Å²) in [5.74, 6) is 0.910. The first kappa shape index (κ1) is 16.9. The Morgan fingerprint density at radius 2 is 2.12 bits per heavy atom. The fourth-order valence-electron chi connectivity index (χ4n) is 2.62. The maximum absolute atomic E-state index is 12.7. The zero-order valence-corrected chi connectivity index (χ0v) is 13.6. The first-order valence-corrected chi connectivity index (χ1v) is 7.85. The monoisotopic (exact) mass is 348 g/mol. The molecule has 0 aliphatic rings. The summed E-state index contributed by atoms with van der Waals surface area (Å²) in [5.41, 5.74) is 1.76. The molecule has 2 amide bonds. The van der Waals surface area contributed by atoms with Crippen LogP contribution in [0.5, 0.6) is 0 Å². The number of alkyl halides is 2. The van der Waals surface area contributed by atoms with Crippen LogP contribution in [-0.2, 0) is 13.0 Å². The van der Waals surface area contributed by atoms with Crippen LogP contribution >= 0.6 is 0 Å². The van der Waals surface area contributed by atoms with E-state index < -0.39 is 12.6 Å². The van der Waals surface area contributed by atoms with Gasteiger partial charge in [0.1, 0.15) is 17.2 Å². The summed E-state index contributed by atoms with van der Waals surface area (Å²) in [6.45, 7) is -0.250. The molecule has 1 aromatic carbocycles. The van der Waals surface area contributed by atoms with Crippen LogP contribution in [0.25, 0.3) is 11.0 Å². The molecule has 0 saturated heterocycles. The molecule has 2 aromatic heterocycles. The topological polar surface area (TPSA) is 72.1 Å². The second-order valence-electron chi connectivity index (χ2n) is 5.53. The Labute approximate surface area is 142 Å². The van der Waals surface area contributed by atoms with E-state index in [4.69, 9.17) is 4.42 Å². The third-order valence-electron chi connectivity index (χ3n) is 3.95. The largest absolute Gasteiger partial charge is 0.459 e. The number of para-hydroxylation sites is 1. The molecule has 2 N–H and O–H groups in total. The summed E-state index contributed by atoms with van der Waals surface area (Å²) in [7, 11) is 0. The highest BCUT2D eigenvalue weighted by Gasteiger charge is 2.12. The van der Waals surface area contributed by atoms with E-state index in [0.29, 0.717) is 5.76 Å². The molecule has 0 atom stereocenters. The average Bonchev–Trinajstić information content (AvgIpc) is 3.18. The van der Waals surface area contributed by atoms with Gasteiger partial charge in [-0.15, -0.1) is 0 Å². The molecule has 0 bridgehead atoms. The quantitative estimate of drug-likeness (QED) is 0.717. The van der Waals surface area contributed by atoms with Crippen molar-refractivity contribution in [2.75, 3.05) is 6.54 Å². The number of aromatic nitrogens is 2. The smallest absolute Gasteiger partial charge is 0.319 e. The van der Waals surface area contributed by atoms with Crippen LogP contribution in [0.15, 0.2) is 41.1 Å². The summed E-state index contributed by atoms with van der Waals surface area (Å²) in [5, 5.41) is 6.33. The van der Waals surface area contributed by atoms with Crippen molar-refractivity contribution in [1.29, 1.82) is 0 Å². The van der Waals surface area contributed by atoms with Crippen LogP contribution in [0.1, 0.15) is 23.7 Å². The number of benzene rings is 1. The highest BCUT2D eigenvalue weighted by atomic mass is 19.3. The maximum atomic E-state index is 12.7. The molecule has 0 saturated carbocycles. The van der Waals surface area contributed by atoms with Crippen molar-refractivity contribution < 1.29 is 18.0 Å². The molecule has 3 aromatic rings. The van der Waals surface area contributed by atoms with E-state index in [1.54, 1.807) is 0 Å². The zero-order chi connectivity index (χ0) is 17.8. The molecular weight excluding hydrogens is 330 g/mol. The highest BCUT2D eigenvalue weighted by molar-refractivity contribution is 5.82. The lowest BCUT2D eigenvalue weighted by Gasteiger charge is -2.08. The molecule has 25 heavy (non-hydrogen) atoms. The fourth-order valence-corrected chi connectivity index (χ4v) is 2.62. The lowest BCUT2D eigenvalue weighted by atomic mass is 10.1. The number of imidazole rings is 1. The van der Waals surface area contributed by atoms with Crippen LogP contribution in [-0.4, -0.2) is 22.1 Å². The molecule has 2 heterocycles. The van der Waals surface area contributed by atoms with Crippen molar-refractivity contribution in [2.24, 2.45) is 0 Å². The zero-order valence-electron chi connectivity index (χ0n) is 13.6. The minimum Gasteiger partial charge on any atom is -0.459 e. The molecule has 3 rings (SSSR count). The first-order valence-electron chi connectivity index (χ1n) is 7.85. The normalized spacial score (nSPS) is 11.2. The number of furan rings is 1. The second kappa shape index (κ2) is 7.33. The van der Waals surface area contributed by atoms with Gasteiger partial charge in [-0.3, -0.25) is 4.57 Å². The van der Waals surface area contributed by atoms with Gasteiger partial charge in [-0.2, -0.15) is 8.78 Å². The van der Waals surface area contributed by atoms with Crippen molar-refractivity contribution in [2.45, 2.75) is 26.4 Å². The Morgan fingerprint density at radius 3 is 2.88 bits per heavy atom. The molecule has 0 spiro atoms.